The van der Waals surface area contributed by atoms with Crippen LogP contribution in [0.25, 0.3) is 0 Å². The van der Waals surface area contributed by atoms with Gasteiger partial charge in [0.15, 0.2) is 0 Å². The van der Waals surface area contributed by atoms with Crippen LogP contribution in [-0.4, -0.2) is 65.0 Å². The van der Waals surface area contributed by atoms with E-state index in [-0.39, 0.29) is 12.0 Å². The molecule has 0 radical (unpaired) electrons. The first-order valence-corrected chi connectivity index (χ1v) is 11.9. The average molecular weight is 456 g/mol. The first-order chi connectivity index (χ1) is 15.5. The standard InChI is InChI=1S/C24H30ClN5O2/c1-16-13-19(32)22-21(16)23(28-15-27-22)29-9-11-30(12-10-29)24(14-31,20-3-2-8-26-20)17-4-6-18(25)7-5-17/h4-7,14-16,19-20,26,32H,2-3,8-13H2,1H3/t16-,19+,20+,24+/m1/s1. The van der Waals surface area contributed by atoms with Crippen molar-refractivity contribution in [3.63, 3.8) is 0 Å². The number of nitrogens with one attached hydrogen (secondary N) is 1. The van der Waals surface area contributed by atoms with Crippen molar-refractivity contribution in [2.45, 2.75) is 49.8 Å². The van der Waals surface area contributed by atoms with Crippen molar-refractivity contribution in [3.05, 3.63) is 52.4 Å². The number of aliphatic hydroxyl groups excluding tert-OH is 1. The van der Waals surface area contributed by atoms with Crippen LogP contribution in [0.3, 0.4) is 0 Å². The lowest BCUT2D eigenvalue weighted by Gasteiger charge is -2.48. The van der Waals surface area contributed by atoms with Gasteiger partial charge in [0.1, 0.15) is 24.0 Å². The number of aromatic nitrogens is 2. The maximum absolute atomic E-state index is 12.8. The average Bonchev–Trinajstić information content (AvgIpc) is 3.45. The number of rotatable bonds is 5. The van der Waals surface area contributed by atoms with E-state index in [2.05, 4.69) is 32.0 Å². The Kier molecular flexibility index (Phi) is 5.92. The van der Waals surface area contributed by atoms with Gasteiger partial charge in [-0.25, -0.2) is 9.97 Å². The molecule has 1 aromatic carbocycles. The van der Waals surface area contributed by atoms with Crippen molar-refractivity contribution < 1.29 is 9.90 Å². The summed E-state index contributed by atoms with van der Waals surface area (Å²) < 4.78 is 0. The number of hydrogen-bond donors (Lipinski definition) is 2. The summed E-state index contributed by atoms with van der Waals surface area (Å²) in [7, 11) is 0. The molecule has 170 valence electrons. The van der Waals surface area contributed by atoms with Gasteiger partial charge in [-0.15, -0.1) is 0 Å². The number of anilines is 1. The van der Waals surface area contributed by atoms with Crippen molar-refractivity contribution >= 4 is 23.7 Å². The first kappa shape index (κ1) is 21.8. The number of carbonyl (C=O) groups excluding carboxylic acids is 1. The van der Waals surface area contributed by atoms with Crippen LogP contribution in [0.2, 0.25) is 5.02 Å². The monoisotopic (exact) mass is 455 g/mol. The molecule has 0 saturated carbocycles. The van der Waals surface area contributed by atoms with Gasteiger partial charge in [-0.2, -0.15) is 0 Å². The lowest BCUT2D eigenvalue weighted by Crippen LogP contribution is -2.63. The van der Waals surface area contributed by atoms with E-state index in [1.165, 1.54) is 0 Å². The second-order valence-electron chi connectivity index (χ2n) is 9.22. The predicted molar refractivity (Wildman–Crippen MR) is 124 cm³/mol. The van der Waals surface area contributed by atoms with Crippen molar-refractivity contribution in [2.24, 2.45) is 0 Å². The van der Waals surface area contributed by atoms with Crippen LogP contribution in [-0.2, 0) is 10.3 Å². The zero-order valence-corrected chi connectivity index (χ0v) is 19.1. The fourth-order valence-corrected chi connectivity index (χ4v) is 5.97. The van der Waals surface area contributed by atoms with Crippen molar-refractivity contribution in [1.82, 2.24) is 20.2 Å². The van der Waals surface area contributed by atoms with Gasteiger partial charge >= 0.3 is 0 Å². The molecule has 5 rings (SSSR count). The minimum absolute atomic E-state index is 0.0752. The number of halogens is 1. The summed E-state index contributed by atoms with van der Waals surface area (Å²) in [6, 6.07) is 7.80. The predicted octanol–water partition coefficient (Wildman–Crippen LogP) is 2.64. The van der Waals surface area contributed by atoms with Gasteiger partial charge in [0, 0.05) is 42.8 Å². The molecule has 3 heterocycles. The van der Waals surface area contributed by atoms with Gasteiger partial charge in [-0.05, 0) is 49.4 Å². The molecule has 2 aliphatic heterocycles. The molecular weight excluding hydrogens is 426 g/mol. The van der Waals surface area contributed by atoms with E-state index in [0.717, 1.165) is 74.5 Å². The highest BCUT2D eigenvalue weighted by Crippen LogP contribution is 2.43. The van der Waals surface area contributed by atoms with Crippen molar-refractivity contribution in [3.8, 4) is 0 Å². The Hall–Kier alpha value is -2.06. The van der Waals surface area contributed by atoms with Gasteiger partial charge < -0.3 is 20.1 Å². The summed E-state index contributed by atoms with van der Waals surface area (Å²) in [5.74, 6) is 1.17. The van der Waals surface area contributed by atoms with Crippen LogP contribution in [0, 0.1) is 0 Å². The number of aldehydes is 1. The quantitative estimate of drug-likeness (QED) is 0.670. The Balaban J connectivity index is 1.43. The second kappa shape index (κ2) is 8.71. The minimum Gasteiger partial charge on any atom is -0.387 e. The van der Waals surface area contributed by atoms with Gasteiger partial charge in [0.2, 0.25) is 0 Å². The van der Waals surface area contributed by atoms with E-state index in [9.17, 15) is 9.90 Å². The summed E-state index contributed by atoms with van der Waals surface area (Å²) in [6.45, 7) is 6.08. The van der Waals surface area contributed by atoms with E-state index < -0.39 is 11.6 Å². The van der Waals surface area contributed by atoms with E-state index in [4.69, 9.17) is 11.6 Å². The van der Waals surface area contributed by atoms with Crippen molar-refractivity contribution in [2.75, 3.05) is 37.6 Å². The molecule has 4 atom stereocenters. The molecule has 8 heteroatoms. The maximum Gasteiger partial charge on any atom is 0.146 e. The highest BCUT2D eigenvalue weighted by molar-refractivity contribution is 6.30. The lowest BCUT2D eigenvalue weighted by molar-refractivity contribution is -0.121. The molecule has 2 N–H and O–H groups in total. The van der Waals surface area contributed by atoms with E-state index >= 15 is 0 Å². The van der Waals surface area contributed by atoms with Crippen LogP contribution in [0.1, 0.15) is 55.0 Å². The molecule has 1 aromatic heterocycles. The SMILES string of the molecule is C[C@@H]1C[C@H](O)c2ncnc(N3CCN([C@@](C=O)(c4ccc(Cl)cc4)[C@@H]4CCCN4)CC3)c21. The zero-order chi connectivity index (χ0) is 22.3. The number of fused-ring (bicyclic) bond motifs is 1. The third-order valence-corrected chi connectivity index (χ3v) is 7.71. The van der Waals surface area contributed by atoms with Crippen LogP contribution < -0.4 is 10.2 Å². The lowest BCUT2D eigenvalue weighted by atomic mass is 9.80. The first-order valence-electron chi connectivity index (χ1n) is 11.5. The Bertz CT molecular complexity index is 973. The molecule has 2 fully saturated rings. The molecule has 2 aromatic rings. The van der Waals surface area contributed by atoms with Crippen LogP contribution in [0.15, 0.2) is 30.6 Å². The fraction of sp³-hybridized carbons (Fsp3) is 0.542. The summed E-state index contributed by atoms with van der Waals surface area (Å²) >= 11 is 6.15. The van der Waals surface area contributed by atoms with Gasteiger partial charge in [0.25, 0.3) is 0 Å². The molecular formula is C24H30ClN5O2. The van der Waals surface area contributed by atoms with E-state index in [0.29, 0.717) is 11.4 Å². The second-order valence-corrected chi connectivity index (χ2v) is 9.66. The maximum atomic E-state index is 12.8. The Morgan fingerprint density at radius 2 is 1.94 bits per heavy atom. The van der Waals surface area contributed by atoms with Gasteiger partial charge in [0.05, 0.1) is 11.8 Å². The highest BCUT2D eigenvalue weighted by atomic mass is 35.5. The third-order valence-electron chi connectivity index (χ3n) is 7.46. The molecule has 1 aliphatic carbocycles. The molecule has 0 bridgehead atoms. The molecule has 3 aliphatic rings. The smallest absolute Gasteiger partial charge is 0.146 e. The Morgan fingerprint density at radius 1 is 1.19 bits per heavy atom. The Labute approximate surface area is 193 Å². The number of nitrogens with zero attached hydrogens (tertiary/aromatic N) is 4. The van der Waals surface area contributed by atoms with Crippen LogP contribution >= 0.6 is 11.6 Å². The number of hydrogen-bond acceptors (Lipinski definition) is 7. The highest BCUT2D eigenvalue weighted by Gasteiger charge is 2.47. The molecule has 0 spiro atoms. The van der Waals surface area contributed by atoms with E-state index in [1.807, 2.05) is 24.3 Å². The third kappa shape index (κ3) is 3.52. The number of piperazine rings is 1. The fourth-order valence-electron chi connectivity index (χ4n) is 5.85. The van der Waals surface area contributed by atoms with Crippen LogP contribution in [0.4, 0.5) is 5.82 Å². The summed E-state index contributed by atoms with van der Waals surface area (Å²) in [5, 5.41) is 14.6. The summed E-state index contributed by atoms with van der Waals surface area (Å²) in [4.78, 5) is 26.4. The number of aliphatic hydroxyl groups is 1. The molecule has 32 heavy (non-hydrogen) atoms. The number of carbonyl (C=O) groups is 1. The van der Waals surface area contributed by atoms with E-state index in [1.54, 1.807) is 6.33 Å². The molecule has 7 nitrogen and oxygen atoms in total. The molecule has 0 unspecified atom stereocenters. The topological polar surface area (TPSA) is 81.6 Å². The zero-order valence-electron chi connectivity index (χ0n) is 18.4. The Morgan fingerprint density at radius 3 is 2.59 bits per heavy atom. The number of benzene rings is 1. The minimum atomic E-state index is -0.718. The molecule has 2 saturated heterocycles. The largest absolute Gasteiger partial charge is 0.387 e. The summed E-state index contributed by atoms with van der Waals surface area (Å²) in [6.07, 6.45) is 4.92. The van der Waals surface area contributed by atoms with Crippen molar-refractivity contribution in [1.29, 1.82) is 0 Å². The summed E-state index contributed by atoms with van der Waals surface area (Å²) in [5.41, 5.74) is 2.11. The van der Waals surface area contributed by atoms with Gasteiger partial charge in [-0.3, -0.25) is 4.90 Å². The van der Waals surface area contributed by atoms with Gasteiger partial charge in [-0.1, -0.05) is 30.7 Å². The molecule has 0 amide bonds. The normalized spacial score (nSPS) is 27.8. The van der Waals surface area contributed by atoms with Crippen LogP contribution in [0.5, 0.6) is 0 Å².